The Hall–Kier alpha value is -2.74. The summed E-state index contributed by atoms with van der Waals surface area (Å²) < 4.78 is 40.9. The molecule has 2 aromatic carbocycles. The van der Waals surface area contributed by atoms with Crippen LogP contribution in [-0.4, -0.2) is 35.5 Å². The smallest absolute Gasteiger partial charge is 0.280 e. The predicted molar refractivity (Wildman–Crippen MR) is 104 cm³/mol. The first-order valence-electron chi connectivity index (χ1n) is 8.35. The van der Waals surface area contributed by atoms with Crippen molar-refractivity contribution in [2.75, 3.05) is 20.8 Å². The summed E-state index contributed by atoms with van der Waals surface area (Å²) in [5, 5.41) is 3.84. The molecule has 0 saturated carbocycles. The number of hydrazone groups is 1. The molecule has 0 saturated heterocycles. The topological polar surface area (TPSA) is 86.2 Å². The summed E-state index contributed by atoms with van der Waals surface area (Å²) in [5.41, 5.74) is 0.705. The van der Waals surface area contributed by atoms with E-state index in [1.807, 2.05) is 12.1 Å². The maximum Gasteiger partial charge on any atom is 0.280 e. The molecule has 0 atom stereocenters. The fourth-order valence-electron chi connectivity index (χ4n) is 2.16. The van der Waals surface area contributed by atoms with Gasteiger partial charge in [0, 0.05) is 6.07 Å². The van der Waals surface area contributed by atoms with Crippen LogP contribution in [0.2, 0.25) is 0 Å². The quantitative estimate of drug-likeness (QED) is 0.524. The molecule has 0 bridgehead atoms. The lowest BCUT2D eigenvalue weighted by Crippen LogP contribution is -2.19. The number of nitrogens with zero attached hydrogens (tertiary/aromatic N) is 1. The molecule has 0 aliphatic carbocycles. The van der Waals surface area contributed by atoms with Crippen molar-refractivity contribution >= 4 is 16.2 Å². The summed E-state index contributed by atoms with van der Waals surface area (Å²) in [6, 6.07) is 11.7. The van der Waals surface area contributed by atoms with Crippen LogP contribution >= 0.6 is 0 Å². The molecule has 0 fully saturated rings. The van der Waals surface area contributed by atoms with Crippen molar-refractivity contribution in [3.63, 3.8) is 0 Å². The van der Waals surface area contributed by atoms with Crippen LogP contribution in [0.3, 0.4) is 0 Å². The highest BCUT2D eigenvalue weighted by Gasteiger charge is 2.19. The second kappa shape index (κ2) is 9.27. The van der Waals surface area contributed by atoms with Crippen LogP contribution < -0.4 is 19.0 Å². The van der Waals surface area contributed by atoms with E-state index in [9.17, 15) is 8.42 Å². The van der Waals surface area contributed by atoms with Crippen molar-refractivity contribution in [2.45, 2.75) is 18.7 Å². The molecule has 146 valence electrons. The molecule has 0 aromatic heterocycles. The Kier molecular flexibility index (Phi) is 7.06. The zero-order valence-electron chi connectivity index (χ0n) is 15.8. The van der Waals surface area contributed by atoms with Crippen molar-refractivity contribution in [3.8, 4) is 17.2 Å². The Balaban J connectivity index is 2.14. The number of ether oxygens (including phenoxy) is 3. The molecule has 0 unspecified atom stereocenters. The van der Waals surface area contributed by atoms with Gasteiger partial charge in [0.15, 0.2) is 0 Å². The molecule has 7 nitrogen and oxygen atoms in total. The van der Waals surface area contributed by atoms with Crippen LogP contribution in [-0.2, 0) is 10.0 Å². The number of rotatable bonds is 9. The third-order valence-electron chi connectivity index (χ3n) is 3.49. The lowest BCUT2D eigenvalue weighted by molar-refractivity contribution is 0.271. The maximum absolute atomic E-state index is 12.5. The van der Waals surface area contributed by atoms with Crippen LogP contribution in [0.5, 0.6) is 17.2 Å². The summed E-state index contributed by atoms with van der Waals surface area (Å²) in [7, 11) is -1.07. The third kappa shape index (κ3) is 5.89. The summed E-state index contributed by atoms with van der Waals surface area (Å²) in [6.45, 7) is 4.72. The molecule has 0 radical (unpaired) electrons. The first kappa shape index (κ1) is 20.6. The SMILES string of the molecule is COc1ccc(OC)c(S(=O)(=O)N/N=C/c2cccc(OCC(C)C)c2)c1. The Morgan fingerprint density at radius 2 is 1.85 bits per heavy atom. The van der Waals surface area contributed by atoms with Crippen molar-refractivity contribution in [3.05, 3.63) is 48.0 Å². The minimum Gasteiger partial charge on any atom is -0.497 e. The highest BCUT2D eigenvalue weighted by atomic mass is 32.2. The lowest BCUT2D eigenvalue weighted by atomic mass is 10.2. The van der Waals surface area contributed by atoms with Gasteiger partial charge in [-0.15, -0.1) is 0 Å². The van der Waals surface area contributed by atoms with E-state index in [-0.39, 0.29) is 10.6 Å². The molecule has 0 aliphatic heterocycles. The molecule has 0 heterocycles. The minimum absolute atomic E-state index is 0.0597. The average molecular weight is 392 g/mol. The van der Waals surface area contributed by atoms with Gasteiger partial charge in [-0.2, -0.15) is 18.4 Å². The van der Waals surface area contributed by atoms with Gasteiger partial charge in [-0.3, -0.25) is 0 Å². The van der Waals surface area contributed by atoms with Crippen LogP contribution in [0, 0.1) is 5.92 Å². The Morgan fingerprint density at radius 1 is 1.07 bits per heavy atom. The molecular formula is C19H24N2O5S. The van der Waals surface area contributed by atoms with Crippen LogP contribution in [0.1, 0.15) is 19.4 Å². The fourth-order valence-corrected chi connectivity index (χ4v) is 3.14. The first-order chi connectivity index (χ1) is 12.9. The van der Waals surface area contributed by atoms with Gasteiger partial charge in [0.25, 0.3) is 10.0 Å². The van der Waals surface area contributed by atoms with E-state index in [1.165, 1.54) is 32.6 Å². The molecule has 0 spiro atoms. The van der Waals surface area contributed by atoms with Gasteiger partial charge in [0.1, 0.15) is 22.1 Å². The van der Waals surface area contributed by atoms with Gasteiger partial charge < -0.3 is 14.2 Å². The lowest BCUT2D eigenvalue weighted by Gasteiger charge is -2.10. The van der Waals surface area contributed by atoms with Crippen molar-refractivity contribution in [1.82, 2.24) is 4.83 Å². The van der Waals surface area contributed by atoms with Crippen LogP contribution in [0.4, 0.5) is 0 Å². The Bertz CT molecular complexity index is 895. The van der Waals surface area contributed by atoms with Gasteiger partial charge in [-0.25, -0.2) is 0 Å². The maximum atomic E-state index is 12.5. The summed E-state index contributed by atoms with van der Waals surface area (Å²) in [5.74, 6) is 1.70. The fraction of sp³-hybridized carbons (Fsp3) is 0.316. The van der Waals surface area contributed by atoms with Gasteiger partial charge in [-0.05, 0) is 35.7 Å². The summed E-state index contributed by atoms with van der Waals surface area (Å²) in [4.78, 5) is 2.13. The number of benzene rings is 2. The molecule has 1 N–H and O–H groups in total. The Labute approximate surface area is 160 Å². The van der Waals surface area contributed by atoms with Gasteiger partial charge in [0.2, 0.25) is 0 Å². The van der Waals surface area contributed by atoms with Crippen molar-refractivity contribution in [1.29, 1.82) is 0 Å². The predicted octanol–water partition coefficient (Wildman–Crippen LogP) is 3.05. The van der Waals surface area contributed by atoms with E-state index in [1.54, 1.807) is 18.2 Å². The number of hydrogen-bond acceptors (Lipinski definition) is 6. The third-order valence-corrected chi connectivity index (χ3v) is 4.73. The highest BCUT2D eigenvalue weighted by molar-refractivity contribution is 7.89. The molecule has 27 heavy (non-hydrogen) atoms. The van der Waals surface area contributed by atoms with E-state index >= 15 is 0 Å². The summed E-state index contributed by atoms with van der Waals surface area (Å²) >= 11 is 0. The molecule has 0 aliphatic rings. The van der Waals surface area contributed by atoms with Crippen molar-refractivity contribution in [2.24, 2.45) is 11.0 Å². The second-order valence-electron chi connectivity index (χ2n) is 6.15. The molecule has 2 aromatic rings. The van der Waals surface area contributed by atoms with E-state index in [2.05, 4.69) is 23.8 Å². The van der Waals surface area contributed by atoms with Gasteiger partial charge in [-0.1, -0.05) is 26.0 Å². The number of hydrogen-bond donors (Lipinski definition) is 1. The Morgan fingerprint density at radius 3 is 2.52 bits per heavy atom. The van der Waals surface area contributed by atoms with E-state index in [0.717, 1.165) is 0 Å². The molecule has 2 rings (SSSR count). The average Bonchev–Trinajstić information content (AvgIpc) is 2.66. The van der Waals surface area contributed by atoms with E-state index in [0.29, 0.717) is 29.6 Å². The van der Waals surface area contributed by atoms with Crippen molar-refractivity contribution < 1.29 is 22.6 Å². The number of sulfonamides is 1. The molecular weight excluding hydrogens is 368 g/mol. The van der Waals surface area contributed by atoms with E-state index < -0.39 is 10.0 Å². The molecule has 0 amide bonds. The normalized spacial score (nSPS) is 11.6. The zero-order chi connectivity index (χ0) is 19.9. The van der Waals surface area contributed by atoms with E-state index in [4.69, 9.17) is 14.2 Å². The largest absolute Gasteiger partial charge is 0.497 e. The van der Waals surface area contributed by atoms with Crippen LogP contribution in [0.15, 0.2) is 52.5 Å². The van der Waals surface area contributed by atoms with Gasteiger partial charge >= 0.3 is 0 Å². The minimum atomic E-state index is -3.92. The second-order valence-corrected chi connectivity index (χ2v) is 7.78. The van der Waals surface area contributed by atoms with Crippen LogP contribution in [0.25, 0.3) is 0 Å². The monoisotopic (exact) mass is 392 g/mol. The van der Waals surface area contributed by atoms with Gasteiger partial charge in [0.05, 0.1) is 27.0 Å². The number of methoxy groups -OCH3 is 2. The zero-order valence-corrected chi connectivity index (χ0v) is 16.6. The highest BCUT2D eigenvalue weighted by Crippen LogP contribution is 2.27. The molecule has 8 heteroatoms. The summed E-state index contributed by atoms with van der Waals surface area (Å²) in [6.07, 6.45) is 1.41. The first-order valence-corrected chi connectivity index (χ1v) is 9.84. The number of nitrogens with one attached hydrogen (secondary N) is 1. The standard InChI is InChI=1S/C19H24N2O5S/c1-14(2)13-26-17-7-5-6-15(10-17)12-20-21-27(22,23)19-11-16(24-3)8-9-18(19)25-4/h5-12,14,21H,13H2,1-4H3/b20-12+.